The molecule has 0 saturated carbocycles. The van der Waals surface area contributed by atoms with Crippen LogP contribution in [0.5, 0.6) is 0 Å². The average Bonchev–Trinajstić information content (AvgIpc) is 2.26. The van der Waals surface area contributed by atoms with Crippen molar-refractivity contribution in [3.05, 3.63) is 0 Å². The molecule has 1 N–H and O–H groups in total. The van der Waals surface area contributed by atoms with E-state index in [1.807, 2.05) is 0 Å². The minimum Gasteiger partial charge on any atom is -0.390 e. The van der Waals surface area contributed by atoms with Crippen molar-refractivity contribution in [1.82, 2.24) is 4.90 Å². The first-order valence-corrected chi connectivity index (χ1v) is 6.94. The zero-order chi connectivity index (χ0) is 12.9. The van der Waals surface area contributed by atoms with E-state index in [-0.39, 0.29) is 12.2 Å². The minimum absolute atomic E-state index is 0.0117. The highest BCUT2D eigenvalue weighted by Gasteiger charge is 2.27. The van der Waals surface area contributed by atoms with Gasteiger partial charge in [-0.05, 0) is 31.2 Å². The van der Waals surface area contributed by atoms with Crippen molar-refractivity contribution in [3.63, 3.8) is 0 Å². The molecule has 102 valence electrons. The molecule has 3 nitrogen and oxygen atoms in total. The van der Waals surface area contributed by atoms with Gasteiger partial charge in [-0.1, -0.05) is 27.7 Å². The lowest BCUT2D eigenvalue weighted by Crippen LogP contribution is -2.48. The van der Waals surface area contributed by atoms with Gasteiger partial charge in [-0.2, -0.15) is 0 Å². The van der Waals surface area contributed by atoms with Gasteiger partial charge >= 0.3 is 0 Å². The van der Waals surface area contributed by atoms with Crippen LogP contribution < -0.4 is 0 Å². The molecule has 1 heterocycles. The van der Waals surface area contributed by atoms with Gasteiger partial charge in [0.15, 0.2) is 0 Å². The Hall–Kier alpha value is -0.120. The molecule has 2 unspecified atom stereocenters. The molecule has 17 heavy (non-hydrogen) atoms. The summed E-state index contributed by atoms with van der Waals surface area (Å²) in [6.45, 7) is 12.6. The number of aliphatic hydroxyl groups excluding tert-OH is 1. The highest BCUT2D eigenvalue weighted by atomic mass is 16.5. The van der Waals surface area contributed by atoms with Crippen molar-refractivity contribution in [3.8, 4) is 0 Å². The first kappa shape index (κ1) is 14.9. The smallest absolute Gasteiger partial charge is 0.0960 e. The lowest BCUT2D eigenvalue weighted by molar-refractivity contribution is -0.0921. The quantitative estimate of drug-likeness (QED) is 0.804. The number of ether oxygens (including phenoxy) is 1. The van der Waals surface area contributed by atoms with Crippen LogP contribution >= 0.6 is 0 Å². The molecule has 1 rings (SSSR count). The molecule has 0 bridgehead atoms. The largest absolute Gasteiger partial charge is 0.390 e. The summed E-state index contributed by atoms with van der Waals surface area (Å²) in [5.41, 5.74) is 0.290. The van der Waals surface area contributed by atoms with E-state index in [4.69, 9.17) is 4.74 Å². The third kappa shape index (κ3) is 5.84. The fourth-order valence-corrected chi connectivity index (χ4v) is 2.25. The third-order valence-corrected chi connectivity index (χ3v) is 3.34. The van der Waals surface area contributed by atoms with Gasteiger partial charge in [0.25, 0.3) is 0 Å². The zero-order valence-corrected chi connectivity index (χ0v) is 11.9. The van der Waals surface area contributed by atoms with Gasteiger partial charge in [-0.3, -0.25) is 4.90 Å². The molecule has 1 aliphatic rings. The second-order valence-electron chi connectivity index (χ2n) is 6.38. The maximum Gasteiger partial charge on any atom is 0.0960 e. The van der Waals surface area contributed by atoms with Gasteiger partial charge in [0.05, 0.1) is 18.8 Å². The Bertz CT molecular complexity index is 211. The zero-order valence-electron chi connectivity index (χ0n) is 11.9. The number of hydrogen-bond donors (Lipinski definition) is 1. The summed E-state index contributed by atoms with van der Waals surface area (Å²) in [4.78, 5) is 2.40. The maximum atomic E-state index is 10.2. The molecule has 0 radical (unpaired) electrons. The monoisotopic (exact) mass is 243 g/mol. The van der Waals surface area contributed by atoms with Gasteiger partial charge in [0, 0.05) is 13.1 Å². The molecule has 0 amide bonds. The lowest BCUT2D eigenvalue weighted by atomic mass is 9.88. The summed E-state index contributed by atoms with van der Waals surface area (Å²) >= 11 is 0. The fourth-order valence-electron chi connectivity index (χ4n) is 2.25. The Balaban J connectivity index is 2.33. The summed E-state index contributed by atoms with van der Waals surface area (Å²) in [6.07, 6.45) is 2.76. The van der Waals surface area contributed by atoms with Gasteiger partial charge in [-0.15, -0.1) is 0 Å². The van der Waals surface area contributed by atoms with E-state index < -0.39 is 0 Å². The van der Waals surface area contributed by atoms with Gasteiger partial charge in [0.1, 0.15) is 0 Å². The van der Waals surface area contributed by atoms with Crippen molar-refractivity contribution in [1.29, 1.82) is 0 Å². The molecule has 0 aromatic rings. The van der Waals surface area contributed by atoms with Crippen LogP contribution in [0, 0.1) is 5.41 Å². The molecule has 1 fully saturated rings. The summed E-state index contributed by atoms with van der Waals surface area (Å²) in [6, 6.07) is 0. The molecule has 2 atom stereocenters. The second-order valence-corrected chi connectivity index (χ2v) is 6.38. The number of rotatable bonds is 5. The highest BCUT2D eigenvalue weighted by Crippen LogP contribution is 2.23. The highest BCUT2D eigenvalue weighted by molar-refractivity contribution is 4.79. The van der Waals surface area contributed by atoms with Crippen LogP contribution in [0.3, 0.4) is 0 Å². The molecule has 0 spiro atoms. The Morgan fingerprint density at radius 1 is 1.41 bits per heavy atom. The van der Waals surface area contributed by atoms with Gasteiger partial charge in [-0.25, -0.2) is 0 Å². The fraction of sp³-hybridized carbons (Fsp3) is 1.00. The number of aliphatic hydroxyl groups is 1. The summed E-state index contributed by atoms with van der Waals surface area (Å²) in [5.74, 6) is 0. The van der Waals surface area contributed by atoms with E-state index in [1.165, 1.54) is 6.42 Å². The Morgan fingerprint density at radius 3 is 2.71 bits per heavy atom. The van der Waals surface area contributed by atoms with E-state index in [0.717, 1.165) is 39.1 Å². The standard InChI is InChI=1S/C14H29NO2/c1-5-8-15-9-10-17-13(11-15)12(16)6-7-14(2,3)4/h12-13,16H,5-11H2,1-4H3. The van der Waals surface area contributed by atoms with Gasteiger partial charge in [0.2, 0.25) is 0 Å². The van der Waals surface area contributed by atoms with Crippen molar-refractivity contribution in [2.45, 2.75) is 59.2 Å². The Kier molecular flexibility index (Phi) is 5.90. The maximum absolute atomic E-state index is 10.2. The first-order chi connectivity index (χ1) is 7.92. The molecule has 0 aliphatic carbocycles. The van der Waals surface area contributed by atoms with E-state index in [0.29, 0.717) is 5.41 Å². The molecule has 0 aromatic carbocycles. The predicted octanol–water partition coefficient (Wildman–Crippen LogP) is 2.28. The van der Waals surface area contributed by atoms with Crippen LogP contribution in [0.2, 0.25) is 0 Å². The number of hydrogen-bond acceptors (Lipinski definition) is 3. The van der Waals surface area contributed by atoms with Crippen LogP contribution in [-0.2, 0) is 4.74 Å². The SMILES string of the molecule is CCCN1CCOC(C(O)CCC(C)(C)C)C1. The normalized spacial score (nSPS) is 24.9. The second kappa shape index (κ2) is 6.72. The molecular weight excluding hydrogens is 214 g/mol. The number of nitrogens with zero attached hydrogens (tertiary/aromatic N) is 1. The molecule has 1 aliphatic heterocycles. The van der Waals surface area contributed by atoms with Crippen LogP contribution in [0.4, 0.5) is 0 Å². The average molecular weight is 243 g/mol. The van der Waals surface area contributed by atoms with E-state index in [9.17, 15) is 5.11 Å². The minimum atomic E-state index is -0.311. The van der Waals surface area contributed by atoms with Crippen molar-refractivity contribution in [2.24, 2.45) is 5.41 Å². The Morgan fingerprint density at radius 2 is 2.12 bits per heavy atom. The topological polar surface area (TPSA) is 32.7 Å². The van der Waals surface area contributed by atoms with Crippen molar-refractivity contribution in [2.75, 3.05) is 26.2 Å². The lowest BCUT2D eigenvalue weighted by Gasteiger charge is -2.35. The van der Waals surface area contributed by atoms with Crippen molar-refractivity contribution >= 4 is 0 Å². The van der Waals surface area contributed by atoms with E-state index >= 15 is 0 Å². The first-order valence-electron chi connectivity index (χ1n) is 6.94. The van der Waals surface area contributed by atoms with E-state index in [1.54, 1.807) is 0 Å². The summed E-state index contributed by atoms with van der Waals surface area (Å²) in [5, 5.41) is 10.2. The van der Waals surface area contributed by atoms with Gasteiger partial charge < -0.3 is 9.84 Å². The van der Waals surface area contributed by atoms with E-state index in [2.05, 4.69) is 32.6 Å². The Labute approximate surface area is 106 Å². The van der Waals surface area contributed by atoms with Crippen molar-refractivity contribution < 1.29 is 9.84 Å². The summed E-state index contributed by atoms with van der Waals surface area (Å²) in [7, 11) is 0. The number of morpholine rings is 1. The van der Waals surface area contributed by atoms with Crippen LogP contribution in [-0.4, -0.2) is 48.5 Å². The third-order valence-electron chi connectivity index (χ3n) is 3.34. The van der Waals surface area contributed by atoms with Crippen LogP contribution in [0.25, 0.3) is 0 Å². The molecule has 1 saturated heterocycles. The molecule has 3 heteroatoms. The summed E-state index contributed by atoms with van der Waals surface area (Å²) < 4.78 is 5.69. The van der Waals surface area contributed by atoms with Crippen LogP contribution in [0.15, 0.2) is 0 Å². The molecule has 0 aromatic heterocycles. The molecular formula is C14H29NO2. The predicted molar refractivity (Wildman–Crippen MR) is 71.2 cm³/mol. The van der Waals surface area contributed by atoms with Crippen LogP contribution in [0.1, 0.15) is 47.0 Å².